The maximum Gasteiger partial charge on any atom is 0.305 e. The first-order valence-electron chi connectivity index (χ1n) is 11.0. The van der Waals surface area contributed by atoms with Gasteiger partial charge in [0.15, 0.2) is 0 Å². The molecule has 0 heterocycles. The Morgan fingerprint density at radius 1 is 1.08 bits per heavy atom. The van der Waals surface area contributed by atoms with Gasteiger partial charge in [-0.15, -0.1) is 0 Å². The number of hydrogen-bond donors (Lipinski definition) is 0. The van der Waals surface area contributed by atoms with E-state index in [0.717, 1.165) is 30.1 Å². The monoisotopic (exact) mass is 348 g/mol. The lowest BCUT2D eigenvalue weighted by Crippen LogP contribution is -2.22. The number of rotatable bonds is 10. The zero-order valence-corrected chi connectivity index (χ0v) is 16.7. The minimum Gasteiger partial charge on any atom is -0.469 e. The molecular formula is C23H40O2. The van der Waals surface area contributed by atoms with Crippen molar-refractivity contribution in [3.8, 4) is 0 Å². The molecule has 2 saturated carbocycles. The molecule has 2 aliphatic rings. The zero-order chi connectivity index (χ0) is 17.9. The molecule has 0 aromatic carbocycles. The summed E-state index contributed by atoms with van der Waals surface area (Å²) in [5.41, 5.74) is 0. The normalized spacial score (nSPS) is 26.2. The molecule has 0 radical (unpaired) electrons. The molecule has 2 aliphatic carbocycles. The van der Waals surface area contributed by atoms with Gasteiger partial charge in [0.05, 0.1) is 7.11 Å². The highest BCUT2D eigenvalue weighted by atomic mass is 16.5. The molecule has 0 bridgehead atoms. The molecule has 0 spiro atoms. The van der Waals surface area contributed by atoms with Gasteiger partial charge in [0.1, 0.15) is 0 Å². The van der Waals surface area contributed by atoms with Crippen molar-refractivity contribution in [2.24, 2.45) is 23.7 Å². The van der Waals surface area contributed by atoms with Crippen LogP contribution in [0.2, 0.25) is 0 Å². The Balaban J connectivity index is 1.87. The van der Waals surface area contributed by atoms with Crippen molar-refractivity contribution >= 4 is 5.97 Å². The summed E-state index contributed by atoms with van der Waals surface area (Å²) < 4.78 is 4.79. The van der Waals surface area contributed by atoms with Gasteiger partial charge in [0.2, 0.25) is 0 Å². The van der Waals surface area contributed by atoms with Gasteiger partial charge in [-0.3, -0.25) is 4.79 Å². The highest BCUT2D eigenvalue weighted by Gasteiger charge is 2.31. The van der Waals surface area contributed by atoms with Gasteiger partial charge in [-0.05, 0) is 55.8 Å². The van der Waals surface area contributed by atoms with E-state index in [1.807, 2.05) is 0 Å². The number of methoxy groups -OCH3 is 1. The van der Waals surface area contributed by atoms with Gasteiger partial charge in [-0.1, -0.05) is 70.4 Å². The molecule has 0 aromatic rings. The van der Waals surface area contributed by atoms with E-state index in [2.05, 4.69) is 19.1 Å². The largest absolute Gasteiger partial charge is 0.469 e. The maximum atomic E-state index is 11.4. The topological polar surface area (TPSA) is 26.3 Å². The average Bonchev–Trinajstić information content (AvgIpc) is 3.09. The number of hydrogen-bond acceptors (Lipinski definition) is 2. The van der Waals surface area contributed by atoms with Gasteiger partial charge in [-0.2, -0.15) is 0 Å². The first-order chi connectivity index (χ1) is 12.2. The molecule has 0 N–H and O–H groups in total. The molecule has 0 amide bonds. The summed E-state index contributed by atoms with van der Waals surface area (Å²) in [5.74, 6) is 3.54. The second-order valence-electron chi connectivity index (χ2n) is 8.41. The number of esters is 1. The van der Waals surface area contributed by atoms with Gasteiger partial charge in [0, 0.05) is 6.42 Å². The third-order valence-corrected chi connectivity index (χ3v) is 6.69. The van der Waals surface area contributed by atoms with Gasteiger partial charge in [-0.25, -0.2) is 0 Å². The van der Waals surface area contributed by atoms with Gasteiger partial charge < -0.3 is 4.74 Å². The maximum absolute atomic E-state index is 11.4. The van der Waals surface area contributed by atoms with Crippen molar-refractivity contribution in [1.29, 1.82) is 0 Å². The Morgan fingerprint density at radius 2 is 1.88 bits per heavy atom. The number of ether oxygens (including phenoxy) is 1. The Morgan fingerprint density at radius 3 is 2.60 bits per heavy atom. The van der Waals surface area contributed by atoms with Crippen LogP contribution in [0.25, 0.3) is 0 Å². The van der Waals surface area contributed by atoms with Crippen molar-refractivity contribution in [3.63, 3.8) is 0 Å². The Labute approximate surface area is 155 Å². The molecule has 25 heavy (non-hydrogen) atoms. The first-order valence-corrected chi connectivity index (χ1v) is 11.0. The summed E-state index contributed by atoms with van der Waals surface area (Å²) in [6, 6.07) is 0. The van der Waals surface area contributed by atoms with E-state index < -0.39 is 0 Å². The van der Waals surface area contributed by atoms with Gasteiger partial charge in [0.25, 0.3) is 0 Å². The fraction of sp³-hybridized carbons (Fsp3) is 0.870. The van der Waals surface area contributed by atoms with Crippen molar-refractivity contribution < 1.29 is 9.53 Å². The standard InChI is InChI=1S/C23H40O2/c1-3-4-11-19-15-10-16-22(19)18-21(20-12-6-5-7-13-20)14-8-9-17-23(24)25-2/h4,11,19-22H,3,5-10,12-18H2,1-2H3/t19-,21?,22+/m0/s1. The third kappa shape index (κ3) is 7.15. The molecule has 1 unspecified atom stereocenters. The van der Waals surface area contributed by atoms with Gasteiger partial charge >= 0.3 is 5.97 Å². The van der Waals surface area contributed by atoms with Crippen molar-refractivity contribution in [2.75, 3.05) is 7.11 Å². The Bertz CT molecular complexity index is 395. The minimum atomic E-state index is -0.0465. The number of carbonyl (C=O) groups is 1. The third-order valence-electron chi connectivity index (χ3n) is 6.69. The fourth-order valence-corrected chi connectivity index (χ4v) is 5.24. The molecule has 2 nitrogen and oxygen atoms in total. The summed E-state index contributed by atoms with van der Waals surface area (Å²) in [6.45, 7) is 2.24. The number of carbonyl (C=O) groups excluding carboxylic acids is 1. The summed E-state index contributed by atoms with van der Waals surface area (Å²) >= 11 is 0. The molecule has 3 atom stereocenters. The highest BCUT2D eigenvalue weighted by Crippen LogP contribution is 2.43. The van der Waals surface area contributed by atoms with Crippen LogP contribution >= 0.6 is 0 Å². The van der Waals surface area contributed by atoms with Crippen LogP contribution < -0.4 is 0 Å². The lowest BCUT2D eigenvalue weighted by molar-refractivity contribution is -0.140. The van der Waals surface area contributed by atoms with Crippen LogP contribution in [0.15, 0.2) is 12.2 Å². The molecule has 2 fully saturated rings. The quantitative estimate of drug-likeness (QED) is 0.250. The highest BCUT2D eigenvalue weighted by molar-refractivity contribution is 5.68. The van der Waals surface area contributed by atoms with Crippen LogP contribution in [0, 0.1) is 23.7 Å². The van der Waals surface area contributed by atoms with Crippen LogP contribution in [0.3, 0.4) is 0 Å². The molecule has 144 valence electrons. The van der Waals surface area contributed by atoms with E-state index in [4.69, 9.17) is 4.74 Å². The van der Waals surface area contributed by atoms with Crippen LogP contribution in [-0.4, -0.2) is 13.1 Å². The minimum absolute atomic E-state index is 0.0465. The number of allylic oxidation sites excluding steroid dienone is 2. The summed E-state index contributed by atoms with van der Waals surface area (Å²) in [4.78, 5) is 11.4. The Hall–Kier alpha value is -0.790. The zero-order valence-electron chi connectivity index (χ0n) is 16.7. The molecular weight excluding hydrogens is 308 g/mol. The van der Waals surface area contributed by atoms with Crippen LogP contribution in [0.5, 0.6) is 0 Å². The van der Waals surface area contributed by atoms with Crippen molar-refractivity contribution in [3.05, 3.63) is 12.2 Å². The van der Waals surface area contributed by atoms with Crippen LogP contribution in [0.4, 0.5) is 0 Å². The average molecular weight is 349 g/mol. The second-order valence-corrected chi connectivity index (χ2v) is 8.41. The molecule has 0 saturated heterocycles. The lowest BCUT2D eigenvalue weighted by atomic mass is 9.72. The molecule has 0 aliphatic heterocycles. The van der Waals surface area contributed by atoms with Crippen LogP contribution in [0.1, 0.15) is 96.8 Å². The van der Waals surface area contributed by atoms with E-state index in [9.17, 15) is 4.79 Å². The summed E-state index contributed by atoms with van der Waals surface area (Å²) in [7, 11) is 1.50. The predicted octanol–water partition coefficient (Wildman–Crippen LogP) is 6.69. The summed E-state index contributed by atoms with van der Waals surface area (Å²) in [5, 5.41) is 0. The second kappa shape index (κ2) is 11.8. The lowest BCUT2D eigenvalue weighted by Gasteiger charge is -2.33. The van der Waals surface area contributed by atoms with Crippen molar-refractivity contribution in [2.45, 2.75) is 96.8 Å². The van der Waals surface area contributed by atoms with Crippen LogP contribution in [-0.2, 0) is 9.53 Å². The van der Waals surface area contributed by atoms with E-state index in [1.54, 1.807) is 0 Å². The molecule has 2 rings (SSSR count). The van der Waals surface area contributed by atoms with E-state index >= 15 is 0 Å². The SMILES string of the molecule is CCC=C[C@H]1CCC[C@@H]1CC(CCCCC(=O)OC)C1CCCCC1. The van der Waals surface area contributed by atoms with E-state index in [0.29, 0.717) is 6.42 Å². The predicted molar refractivity (Wildman–Crippen MR) is 105 cm³/mol. The molecule has 0 aromatic heterocycles. The smallest absolute Gasteiger partial charge is 0.305 e. The van der Waals surface area contributed by atoms with E-state index in [-0.39, 0.29) is 5.97 Å². The first kappa shape index (κ1) is 20.5. The number of unbranched alkanes of at least 4 members (excludes halogenated alkanes) is 1. The van der Waals surface area contributed by atoms with Crippen molar-refractivity contribution in [1.82, 2.24) is 0 Å². The Kier molecular flexibility index (Phi) is 9.65. The fourth-order valence-electron chi connectivity index (χ4n) is 5.24. The molecule has 2 heteroatoms. The van der Waals surface area contributed by atoms with E-state index in [1.165, 1.54) is 84.2 Å². The summed E-state index contributed by atoms with van der Waals surface area (Å²) in [6.07, 6.45) is 23.1.